The number of sulfonamides is 1. The highest BCUT2D eigenvalue weighted by Crippen LogP contribution is 2.22. The summed E-state index contributed by atoms with van der Waals surface area (Å²) in [5.41, 5.74) is 5.74. The lowest BCUT2D eigenvalue weighted by Gasteiger charge is -2.18. The van der Waals surface area contributed by atoms with Crippen LogP contribution < -0.4 is 10.5 Å². The normalized spacial score (nSPS) is 12.5. The van der Waals surface area contributed by atoms with Gasteiger partial charge in [0.25, 0.3) is 0 Å². The van der Waals surface area contributed by atoms with E-state index in [1.54, 1.807) is 24.3 Å². The molecule has 0 saturated carbocycles. The van der Waals surface area contributed by atoms with Gasteiger partial charge in [-0.05, 0) is 42.0 Å². The van der Waals surface area contributed by atoms with Crippen LogP contribution in [0.5, 0.6) is 0 Å². The molecule has 0 aliphatic carbocycles. The summed E-state index contributed by atoms with van der Waals surface area (Å²) in [5.74, 6) is -1.84. The molecule has 0 aliphatic rings. The standard InChI is InChI=1S/C16H15ClN2O5S/c17-12-5-1-10(2-6-12)14(9-15(20)21)19-25(23,24)13-7-3-11(4-8-13)16(18)22/h1-8,14,19H,9H2,(H2,18,22)(H,20,21)/t14-/m1/s1. The van der Waals surface area contributed by atoms with Crippen molar-refractivity contribution < 1.29 is 23.1 Å². The van der Waals surface area contributed by atoms with E-state index in [4.69, 9.17) is 22.4 Å². The molecule has 4 N–H and O–H groups in total. The van der Waals surface area contributed by atoms with Crippen molar-refractivity contribution in [1.29, 1.82) is 0 Å². The molecule has 0 bridgehead atoms. The van der Waals surface area contributed by atoms with Gasteiger partial charge >= 0.3 is 5.97 Å². The van der Waals surface area contributed by atoms with Gasteiger partial charge in [0, 0.05) is 10.6 Å². The van der Waals surface area contributed by atoms with Crippen molar-refractivity contribution in [3.63, 3.8) is 0 Å². The zero-order valence-corrected chi connectivity index (χ0v) is 14.4. The van der Waals surface area contributed by atoms with Crippen LogP contribution in [0.25, 0.3) is 0 Å². The van der Waals surface area contributed by atoms with E-state index in [2.05, 4.69) is 4.72 Å². The molecule has 9 heteroatoms. The zero-order chi connectivity index (χ0) is 18.6. The molecular weight excluding hydrogens is 368 g/mol. The third-order valence-electron chi connectivity index (χ3n) is 3.40. The fourth-order valence-corrected chi connectivity index (χ4v) is 3.50. The first kappa shape index (κ1) is 18.9. The van der Waals surface area contributed by atoms with Gasteiger partial charge in [0.1, 0.15) is 0 Å². The number of carboxylic acids is 1. The van der Waals surface area contributed by atoms with Crippen LogP contribution in [-0.4, -0.2) is 25.4 Å². The van der Waals surface area contributed by atoms with Gasteiger partial charge < -0.3 is 10.8 Å². The highest BCUT2D eigenvalue weighted by atomic mass is 35.5. The minimum atomic E-state index is -4.00. The Balaban J connectivity index is 2.31. The van der Waals surface area contributed by atoms with E-state index in [9.17, 15) is 18.0 Å². The second kappa shape index (κ2) is 7.64. The molecule has 1 atom stereocenters. The molecule has 0 aromatic heterocycles. The molecule has 0 fully saturated rings. The Kier molecular flexibility index (Phi) is 5.78. The largest absolute Gasteiger partial charge is 0.481 e. The van der Waals surface area contributed by atoms with Crippen LogP contribution in [0.3, 0.4) is 0 Å². The van der Waals surface area contributed by atoms with Gasteiger partial charge in [-0.1, -0.05) is 23.7 Å². The Morgan fingerprint density at radius 3 is 2.12 bits per heavy atom. The Bertz CT molecular complexity index is 880. The van der Waals surface area contributed by atoms with Gasteiger partial charge in [0.05, 0.1) is 17.4 Å². The predicted molar refractivity (Wildman–Crippen MR) is 91.7 cm³/mol. The van der Waals surface area contributed by atoms with Crippen molar-refractivity contribution in [3.05, 3.63) is 64.7 Å². The summed E-state index contributed by atoms with van der Waals surface area (Å²) in [6.07, 6.45) is -0.444. The van der Waals surface area contributed by atoms with E-state index in [1.807, 2.05) is 0 Å². The number of halogens is 1. The number of carbonyl (C=O) groups is 2. The summed E-state index contributed by atoms with van der Waals surface area (Å²) >= 11 is 5.80. The van der Waals surface area contributed by atoms with Crippen molar-refractivity contribution in [1.82, 2.24) is 4.72 Å². The highest BCUT2D eigenvalue weighted by molar-refractivity contribution is 7.89. The topological polar surface area (TPSA) is 127 Å². The Morgan fingerprint density at radius 1 is 1.08 bits per heavy atom. The molecule has 0 unspecified atom stereocenters. The van der Waals surface area contributed by atoms with Crippen molar-refractivity contribution in [2.24, 2.45) is 5.73 Å². The van der Waals surface area contributed by atoms with Gasteiger partial charge in [-0.3, -0.25) is 9.59 Å². The number of rotatable bonds is 7. The first-order valence-corrected chi connectivity index (χ1v) is 8.94. The second-order valence-electron chi connectivity index (χ2n) is 5.21. The van der Waals surface area contributed by atoms with E-state index in [1.165, 1.54) is 24.3 Å². The van der Waals surface area contributed by atoms with Crippen molar-refractivity contribution >= 4 is 33.5 Å². The molecule has 2 rings (SSSR count). The molecule has 0 radical (unpaired) electrons. The summed E-state index contributed by atoms with van der Waals surface area (Å²) in [5, 5.41) is 9.50. The van der Waals surface area contributed by atoms with Crippen LogP contribution in [0.2, 0.25) is 5.02 Å². The van der Waals surface area contributed by atoms with Gasteiger partial charge in [-0.2, -0.15) is 0 Å². The lowest BCUT2D eigenvalue weighted by atomic mass is 10.1. The average molecular weight is 383 g/mol. The Hall–Kier alpha value is -2.42. The third kappa shape index (κ3) is 5.02. The SMILES string of the molecule is NC(=O)c1ccc(S(=O)(=O)N[C@H](CC(=O)O)c2ccc(Cl)cc2)cc1. The molecule has 132 valence electrons. The average Bonchev–Trinajstić information content (AvgIpc) is 2.54. The van der Waals surface area contributed by atoms with Crippen LogP contribution in [0, 0.1) is 0 Å². The van der Waals surface area contributed by atoms with Crippen molar-refractivity contribution in [2.45, 2.75) is 17.4 Å². The second-order valence-corrected chi connectivity index (χ2v) is 7.36. The van der Waals surface area contributed by atoms with Crippen LogP contribution in [0.1, 0.15) is 28.4 Å². The predicted octanol–water partition coefficient (Wildman–Crippen LogP) is 1.93. The van der Waals surface area contributed by atoms with E-state index in [0.29, 0.717) is 10.6 Å². The Labute approximate surface area is 149 Å². The molecule has 7 nitrogen and oxygen atoms in total. The molecule has 0 saturated heterocycles. The van der Waals surface area contributed by atoms with Crippen LogP contribution >= 0.6 is 11.6 Å². The van der Waals surface area contributed by atoms with Gasteiger partial charge in [-0.15, -0.1) is 0 Å². The molecular formula is C16H15ClN2O5S. The van der Waals surface area contributed by atoms with E-state index in [-0.39, 0.29) is 10.5 Å². The summed E-state index contributed by atoms with van der Waals surface area (Å²) in [6.45, 7) is 0. The number of aliphatic carboxylic acids is 1. The summed E-state index contributed by atoms with van der Waals surface area (Å²) in [7, 11) is -4.00. The van der Waals surface area contributed by atoms with Crippen LogP contribution in [0.4, 0.5) is 0 Å². The summed E-state index contributed by atoms with van der Waals surface area (Å²) < 4.78 is 27.4. The molecule has 0 heterocycles. The van der Waals surface area contributed by atoms with Crippen LogP contribution in [-0.2, 0) is 14.8 Å². The number of hydrogen-bond acceptors (Lipinski definition) is 4. The quantitative estimate of drug-likeness (QED) is 0.674. The smallest absolute Gasteiger partial charge is 0.305 e. The number of amides is 1. The first-order chi connectivity index (χ1) is 11.7. The number of benzene rings is 2. The third-order valence-corrected chi connectivity index (χ3v) is 5.14. The van der Waals surface area contributed by atoms with Gasteiger partial charge in [0.15, 0.2) is 0 Å². The minimum absolute atomic E-state index is 0.109. The lowest BCUT2D eigenvalue weighted by molar-refractivity contribution is -0.137. The number of hydrogen-bond donors (Lipinski definition) is 3. The van der Waals surface area contributed by atoms with E-state index >= 15 is 0 Å². The highest BCUT2D eigenvalue weighted by Gasteiger charge is 2.23. The zero-order valence-electron chi connectivity index (χ0n) is 12.8. The van der Waals surface area contributed by atoms with Crippen molar-refractivity contribution in [2.75, 3.05) is 0 Å². The van der Waals surface area contributed by atoms with E-state index in [0.717, 1.165) is 0 Å². The fraction of sp³-hybridized carbons (Fsp3) is 0.125. The number of primary amides is 1. The first-order valence-electron chi connectivity index (χ1n) is 7.08. The minimum Gasteiger partial charge on any atom is -0.481 e. The maximum Gasteiger partial charge on any atom is 0.305 e. The Morgan fingerprint density at radius 2 is 1.64 bits per heavy atom. The molecule has 2 aromatic carbocycles. The molecule has 25 heavy (non-hydrogen) atoms. The monoisotopic (exact) mass is 382 g/mol. The number of carboxylic acid groups (broad SMARTS) is 1. The van der Waals surface area contributed by atoms with Crippen molar-refractivity contribution in [3.8, 4) is 0 Å². The van der Waals surface area contributed by atoms with Gasteiger partial charge in [0.2, 0.25) is 15.9 Å². The molecule has 0 aliphatic heterocycles. The maximum atomic E-state index is 12.5. The molecule has 1 amide bonds. The summed E-state index contributed by atoms with van der Waals surface area (Å²) in [4.78, 5) is 22.0. The number of nitrogens with two attached hydrogens (primary N) is 1. The molecule has 0 spiro atoms. The van der Waals surface area contributed by atoms with Crippen LogP contribution in [0.15, 0.2) is 53.4 Å². The van der Waals surface area contributed by atoms with E-state index < -0.39 is 34.4 Å². The number of nitrogens with one attached hydrogen (secondary N) is 1. The number of carbonyl (C=O) groups excluding carboxylic acids is 1. The van der Waals surface area contributed by atoms with Gasteiger partial charge in [-0.25, -0.2) is 13.1 Å². The molecule has 2 aromatic rings. The maximum absolute atomic E-state index is 12.5. The lowest BCUT2D eigenvalue weighted by Crippen LogP contribution is -2.30. The fourth-order valence-electron chi connectivity index (χ4n) is 2.15. The summed E-state index contributed by atoms with van der Waals surface area (Å²) in [6, 6.07) is 10.2.